The molecule has 0 radical (unpaired) electrons. The molecule has 2 aromatic rings. The first-order valence-corrected chi connectivity index (χ1v) is 6.37. The average molecular weight is 273 g/mol. The van der Waals surface area contributed by atoms with Crippen molar-refractivity contribution in [2.45, 2.75) is 13.8 Å². The van der Waals surface area contributed by atoms with Gasteiger partial charge in [-0.2, -0.15) is 5.10 Å². The van der Waals surface area contributed by atoms with E-state index in [2.05, 4.69) is 15.5 Å². The monoisotopic (exact) mass is 273 g/mol. The van der Waals surface area contributed by atoms with Gasteiger partial charge in [0.2, 0.25) is 0 Å². The topological polar surface area (TPSA) is 76.2 Å². The largest absolute Gasteiger partial charge is 0.486 e. The van der Waals surface area contributed by atoms with E-state index in [9.17, 15) is 4.79 Å². The van der Waals surface area contributed by atoms with Crippen LogP contribution in [-0.2, 0) is 0 Å². The van der Waals surface area contributed by atoms with Crippen LogP contribution in [0.3, 0.4) is 0 Å². The second-order valence-electron chi connectivity index (χ2n) is 4.63. The SMILES string of the molecule is Cc1[nH]nc(C(=O)Nc2ccc3c(c2)OCCO3)c1C. The van der Waals surface area contributed by atoms with Gasteiger partial charge in [0.1, 0.15) is 13.2 Å². The first-order valence-electron chi connectivity index (χ1n) is 6.37. The van der Waals surface area contributed by atoms with E-state index in [4.69, 9.17) is 9.47 Å². The highest BCUT2D eigenvalue weighted by Crippen LogP contribution is 2.32. The highest BCUT2D eigenvalue weighted by atomic mass is 16.6. The van der Waals surface area contributed by atoms with E-state index >= 15 is 0 Å². The maximum absolute atomic E-state index is 12.2. The minimum Gasteiger partial charge on any atom is -0.486 e. The minimum atomic E-state index is -0.247. The molecule has 3 rings (SSSR count). The third-order valence-corrected chi connectivity index (χ3v) is 3.27. The number of aromatic amines is 1. The summed E-state index contributed by atoms with van der Waals surface area (Å²) < 4.78 is 10.9. The number of carbonyl (C=O) groups is 1. The molecule has 6 nitrogen and oxygen atoms in total. The van der Waals surface area contributed by atoms with Gasteiger partial charge in [0.05, 0.1) is 0 Å². The quantitative estimate of drug-likeness (QED) is 0.878. The second-order valence-corrected chi connectivity index (χ2v) is 4.63. The van der Waals surface area contributed by atoms with Gasteiger partial charge in [0.25, 0.3) is 5.91 Å². The van der Waals surface area contributed by atoms with Crippen LogP contribution in [0.2, 0.25) is 0 Å². The van der Waals surface area contributed by atoms with Crippen molar-refractivity contribution in [2.24, 2.45) is 0 Å². The predicted molar refractivity (Wildman–Crippen MR) is 73.4 cm³/mol. The summed E-state index contributed by atoms with van der Waals surface area (Å²) in [6, 6.07) is 5.31. The van der Waals surface area contributed by atoms with Crippen molar-refractivity contribution in [1.29, 1.82) is 0 Å². The Morgan fingerprint density at radius 3 is 2.70 bits per heavy atom. The molecule has 0 aliphatic carbocycles. The summed E-state index contributed by atoms with van der Waals surface area (Å²) in [6.07, 6.45) is 0. The van der Waals surface area contributed by atoms with Crippen LogP contribution in [0, 0.1) is 13.8 Å². The molecule has 0 fully saturated rings. The highest BCUT2D eigenvalue weighted by Gasteiger charge is 2.16. The van der Waals surface area contributed by atoms with E-state index in [0.29, 0.717) is 36.1 Å². The van der Waals surface area contributed by atoms with Gasteiger partial charge in [0.15, 0.2) is 17.2 Å². The number of carbonyl (C=O) groups excluding carboxylic acids is 1. The van der Waals surface area contributed by atoms with E-state index in [1.165, 1.54) is 0 Å². The Balaban J connectivity index is 1.81. The molecule has 2 N–H and O–H groups in total. The van der Waals surface area contributed by atoms with Gasteiger partial charge >= 0.3 is 0 Å². The van der Waals surface area contributed by atoms with Gasteiger partial charge in [-0.15, -0.1) is 0 Å². The molecule has 6 heteroatoms. The number of nitrogens with one attached hydrogen (secondary N) is 2. The predicted octanol–water partition coefficient (Wildman–Crippen LogP) is 2.05. The van der Waals surface area contributed by atoms with Crippen LogP contribution in [0.1, 0.15) is 21.7 Å². The van der Waals surface area contributed by atoms with Crippen LogP contribution < -0.4 is 14.8 Å². The average Bonchev–Trinajstić information content (AvgIpc) is 2.79. The Morgan fingerprint density at radius 2 is 2.00 bits per heavy atom. The van der Waals surface area contributed by atoms with E-state index in [1.807, 2.05) is 13.8 Å². The van der Waals surface area contributed by atoms with Crippen molar-refractivity contribution in [2.75, 3.05) is 18.5 Å². The number of hydrogen-bond donors (Lipinski definition) is 2. The number of hydrogen-bond acceptors (Lipinski definition) is 4. The lowest BCUT2D eigenvalue weighted by Gasteiger charge is -2.18. The zero-order valence-electron chi connectivity index (χ0n) is 11.3. The number of H-pyrrole nitrogens is 1. The Kier molecular flexibility index (Phi) is 3.06. The van der Waals surface area contributed by atoms with Crippen molar-refractivity contribution in [3.63, 3.8) is 0 Å². The van der Waals surface area contributed by atoms with Crippen molar-refractivity contribution in [3.05, 3.63) is 35.2 Å². The number of nitrogens with zero attached hydrogens (tertiary/aromatic N) is 1. The highest BCUT2D eigenvalue weighted by molar-refractivity contribution is 6.04. The molecule has 1 aromatic heterocycles. The molecule has 1 aromatic carbocycles. The van der Waals surface area contributed by atoms with Gasteiger partial charge < -0.3 is 14.8 Å². The number of anilines is 1. The van der Waals surface area contributed by atoms with Gasteiger partial charge in [-0.1, -0.05) is 0 Å². The molecule has 1 aliphatic heterocycles. The molecule has 0 saturated carbocycles. The molecule has 1 amide bonds. The van der Waals surface area contributed by atoms with E-state index in [1.54, 1.807) is 18.2 Å². The molecule has 0 unspecified atom stereocenters. The number of aromatic nitrogens is 2. The van der Waals surface area contributed by atoms with Gasteiger partial charge in [-0.05, 0) is 26.0 Å². The van der Waals surface area contributed by atoms with E-state index in [0.717, 1.165) is 11.3 Å². The first kappa shape index (κ1) is 12.5. The fourth-order valence-corrected chi connectivity index (χ4v) is 2.02. The van der Waals surface area contributed by atoms with E-state index < -0.39 is 0 Å². The summed E-state index contributed by atoms with van der Waals surface area (Å²) in [7, 11) is 0. The number of fused-ring (bicyclic) bond motifs is 1. The van der Waals surface area contributed by atoms with Crippen molar-refractivity contribution in [1.82, 2.24) is 10.2 Å². The van der Waals surface area contributed by atoms with Crippen molar-refractivity contribution >= 4 is 11.6 Å². The van der Waals surface area contributed by atoms with Crippen LogP contribution >= 0.6 is 0 Å². The van der Waals surface area contributed by atoms with Crippen LogP contribution in [0.15, 0.2) is 18.2 Å². The van der Waals surface area contributed by atoms with Gasteiger partial charge in [-0.25, -0.2) is 0 Å². The van der Waals surface area contributed by atoms with Crippen molar-refractivity contribution < 1.29 is 14.3 Å². The van der Waals surface area contributed by atoms with Crippen molar-refractivity contribution in [3.8, 4) is 11.5 Å². The number of benzene rings is 1. The number of rotatable bonds is 2. The zero-order valence-corrected chi connectivity index (χ0v) is 11.3. The lowest BCUT2D eigenvalue weighted by atomic mass is 10.2. The summed E-state index contributed by atoms with van der Waals surface area (Å²) >= 11 is 0. The first-order chi connectivity index (χ1) is 9.65. The maximum atomic E-state index is 12.2. The Bertz CT molecular complexity index is 664. The number of aryl methyl sites for hydroxylation is 1. The zero-order chi connectivity index (χ0) is 14.1. The lowest BCUT2D eigenvalue weighted by molar-refractivity contribution is 0.102. The Morgan fingerprint density at radius 1 is 1.25 bits per heavy atom. The summed E-state index contributed by atoms with van der Waals surface area (Å²) in [5.41, 5.74) is 2.79. The molecule has 0 atom stereocenters. The second kappa shape index (κ2) is 4.88. The summed E-state index contributed by atoms with van der Waals surface area (Å²) in [5.74, 6) is 1.09. The molecule has 20 heavy (non-hydrogen) atoms. The van der Waals surface area contributed by atoms with Crippen LogP contribution in [0.25, 0.3) is 0 Å². The van der Waals surface area contributed by atoms with Crippen LogP contribution in [0.5, 0.6) is 11.5 Å². The van der Waals surface area contributed by atoms with Crippen LogP contribution in [-0.4, -0.2) is 29.3 Å². The third kappa shape index (κ3) is 2.20. The fraction of sp³-hybridized carbons (Fsp3) is 0.286. The molecule has 0 spiro atoms. The Labute approximate surface area is 116 Å². The van der Waals surface area contributed by atoms with Gasteiger partial charge in [-0.3, -0.25) is 9.89 Å². The minimum absolute atomic E-state index is 0.247. The smallest absolute Gasteiger partial charge is 0.276 e. The lowest BCUT2D eigenvalue weighted by Crippen LogP contribution is -2.17. The summed E-state index contributed by atoms with van der Waals surface area (Å²) in [5, 5.41) is 9.61. The Hall–Kier alpha value is -2.50. The van der Waals surface area contributed by atoms with E-state index in [-0.39, 0.29) is 5.91 Å². The molecular weight excluding hydrogens is 258 g/mol. The number of ether oxygens (including phenoxy) is 2. The van der Waals surface area contributed by atoms with Gasteiger partial charge in [0, 0.05) is 23.0 Å². The molecular formula is C14H15N3O3. The molecule has 0 saturated heterocycles. The molecule has 1 aliphatic rings. The normalized spacial score (nSPS) is 13.1. The number of amides is 1. The molecule has 104 valence electrons. The third-order valence-electron chi connectivity index (χ3n) is 3.27. The summed E-state index contributed by atoms with van der Waals surface area (Å²) in [6.45, 7) is 4.80. The standard InChI is InChI=1S/C14H15N3O3/c1-8-9(2)16-17-13(8)14(18)15-10-3-4-11-12(7-10)20-6-5-19-11/h3-4,7H,5-6H2,1-2H3,(H,15,18)(H,16,17). The molecule has 0 bridgehead atoms. The van der Waals surface area contributed by atoms with Crippen LogP contribution in [0.4, 0.5) is 5.69 Å². The molecule has 2 heterocycles. The fourth-order valence-electron chi connectivity index (χ4n) is 2.02. The summed E-state index contributed by atoms with van der Waals surface area (Å²) in [4.78, 5) is 12.2. The maximum Gasteiger partial charge on any atom is 0.276 e.